The van der Waals surface area contributed by atoms with Crippen LogP contribution in [0.15, 0.2) is 0 Å². The van der Waals surface area contributed by atoms with Crippen LogP contribution in [0.5, 0.6) is 0 Å². The lowest BCUT2D eigenvalue weighted by Gasteiger charge is -2.63. The summed E-state index contributed by atoms with van der Waals surface area (Å²) in [5.41, 5.74) is 0.309. The van der Waals surface area contributed by atoms with Crippen LogP contribution >= 0.6 is 0 Å². The van der Waals surface area contributed by atoms with Gasteiger partial charge in [-0.15, -0.1) is 0 Å². The molecular weight excluding hydrogens is 380 g/mol. The fourth-order valence-corrected chi connectivity index (χ4v) is 9.67. The normalized spacial score (nSPS) is 54.0. The number of hydrogen-bond acceptors (Lipinski definition) is 5. The number of hydrogen-bond donors (Lipinski definition) is 1. The Kier molecular flexibility index (Phi) is 4.53. The van der Waals surface area contributed by atoms with E-state index in [1.54, 1.807) is 0 Å². The van der Waals surface area contributed by atoms with Crippen LogP contribution < -0.4 is 0 Å². The maximum absolute atomic E-state index is 11.7. The van der Waals surface area contributed by atoms with Crippen molar-refractivity contribution in [3.63, 3.8) is 0 Å². The van der Waals surface area contributed by atoms with Gasteiger partial charge in [0, 0.05) is 18.8 Å². The molecule has 30 heavy (non-hydrogen) atoms. The molecule has 0 unspecified atom stereocenters. The lowest BCUT2D eigenvalue weighted by molar-refractivity contribution is -0.254. The summed E-state index contributed by atoms with van der Waals surface area (Å²) in [7, 11) is 0. The number of rotatable bonds is 1. The van der Waals surface area contributed by atoms with E-state index in [0.29, 0.717) is 42.8 Å². The van der Waals surface area contributed by atoms with Gasteiger partial charge in [-0.2, -0.15) is 0 Å². The second-order valence-corrected chi connectivity index (χ2v) is 12.0. The van der Waals surface area contributed by atoms with Gasteiger partial charge in [0.05, 0.1) is 32.5 Å². The Morgan fingerprint density at radius 3 is 2.17 bits per heavy atom. The molecule has 2 saturated heterocycles. The van der Waals surface area contributed by atoms with Crippen molar-refractivity contribution >= 4 is 0 Å². The molecule has 5 nitrogen and oxygen atoms in total. The first-order chi connectivity index (χ1) is 14.3. The molecule has 6 fully saturated rings. The highest BCUT2D eigenvalue weighted by atomic mass is 16.7. The Morgan fingerprint density at radius 1 is 0.733 bits per heavy atom. The highest BCUT2D eigenvalue weighted by Gasteiger charge is 2.67. The van der Waals surface area contributed by atoms with E-state index < -0.39 is 5.79 Å². The maximum atomic E-state index is 11.7. The molecular formula is C25H40O5. The fraction of sp³-hybridized carbons (Fsp3) is 1.00. The molecule has 0 aromatic carbocycles. The van der Waals surface area contributed by atoms with E-state index in [0.717, 1.165) is 38.9 Å². The van der Waals surface area contributed by atoms with Crippen LogP contribution in [0.2, 0.25) is 0 Å². The smallest absolute Gasteiger partial charge is 0.169 e. The zero-order chi connectivity index (χ0) is 20.8. The average molecular weight is 421 g/mol. The minimum absolute atomic E-state index is 0.108. The van der Waals surface area contributed by atoms with Crippen LogP contribution in [0.25, 0.3) is 0 Å². The van der Waals surface area contributed by atoms with Crippen molar-refractivity contribution in [3.05, 3.63) is 0 Å². The van der Waals surface area contributed by atoms with Gasteiger partial charge in [0.2, 0.25) is 0 Å². The van der Waals surface area contributed by atoms with Gasteiger partial charge in [-0.1, -0.05) is 13.8 Å². The summed E-state index contributed by atoms with van der Waals surface area (Å²) >= 11 is 0. The molecule has 0 radical (unpaired) electrons. The Bertz CT molecular complexity index is 683. The molecule has 170 valence electrons. The summed E-state index contributed by atoms with van der Waals surface area (Å²) in [6, 6.07) is 0. The maximum Gasteiger partial charge on any atom is 0.169 e. The second kappa shape index (κ2) is 6.66. The lowest BCUT2D eigenvalue weighted by Crippen LogP contribution is -2.61. The molecule has 2 aliphatic heterocycles. The van der Waals surface area contributed by atoms with Gasteiger partial charge in [0.15, 0.2) is 11.6 Å². The standard InChI is InChI=1S/C25H40O5/c1-22-8-9-25(29-12-13-30-25)14-16(22)4-5-17-18-6-7-20(24(3)27-10-11-28-24)23(18,2)15-19(26)21(17)22/h16-21,26H,4-15H2,1-3H3/t16-,17-,18-,19-,20-,21+,22-,23-/m0/s1. The van der Waals surface area contributed by atoms with Gasteiger partial charge < -0.3 is 24.1 Å². The minimum atomic E-state index is -0.467. The Hall–Kier alpha value is -0.200. The van der Waals surface area contributed by atoms with Crippen molar-refractivity contribution < 1.29 is 24.1 Å². The van der Waals surface area contributed by atoms with Crippen molar-refractivity contribution in [3.8, 4) is 0 Å². The quantitative estimate of drug-likeness (QED) is 0.691. The molecule has 4 aliphatic carbocycles. The van der Waals surface area contributed by atoms with Crippen molar-refractivity contribution in [1.82, 2.24) is 0 Å². The highest BCUT2D eigenvalue weighted by molar-refractivity contribution is 5.14. The largest absolute Gasteiger partial charge is 0.393 e. The van der Waals surface area contributed by atoms with Crippen LogP contribution in [0.4, 0.5) is 0 Å². The summed E-state index contributed by atoms with van der Waals surface area (Å²) in [6.07, 6.45) is 8.70. The summed E-state index contributed by atoms with van der Waals surface area (Å²) in [6.45, 7) is 9.96. The SMILES string of the molecule is CC1([C@H]2CC[C@H]3[C@@H]4CC[C@H]5CC6(CC[C@]5(C)[C@H]4[C@@H](O)C[C@]23C)OCCO6)OCCO1. The molecule has 4 saturated carbocycles. The Labute approximate surface area is 181 Å². The van der Waals surface area contributed by atoms with Crippen LogP contribution in [0.3, 0.4) is 0 Å². The first-order valence-corrected chi connectivity index (χ1v) is 12.5. The van der Waals surface area contributed by atoms with Crippen molar-refractivity contribution in [1.29, 1.82) is 0 Å². The second-order valence-electron chi connectivity index (χ2n) is 12.0. The summed E-state index contributed by atoms with van der Waals surface area (Å²) < 4.78 is 24.5. The number of ether oxygens (including phenoxy) is 4. The van der Waals surface area contributed by atoms with E-state index in [9.17, 15) is 5.11 Å². The van der Waals surface area contributed by atoms with Crippen molar-refractivity contribution in [2.24, 2.45) is 40.4 Å². The third kappa shape index (κ3) is 2.65. The Morgan fingerprint density at radius 2 is 1.43 bits per heavy atom. The Balaban J connectivity index is 1.28. The van der Waals surface area contributed by atoms with E-state index >= 15 is 0 Å². The predicted octanol–water partition coefficient (Wildman–Crippen LogP) is 4.12. The molecule has 6 aliphatic rings. The molecule has 0 bridgehead atoms. The van der Waals surface area contributed by atoms with Crippen LogP contribution in [0, 0.1) is 40.4 Å². The van der Waals surface area contributed by atoms with Gasteiger partial charge in [-0.05, 0) is 80.0 Å². The average Bonchev–Trinajstić information content (AvgIpc) is 3.41. The third-order valence-corrected chi connectivity index (χ3v) is 10.9. The zero-order valence-electron chi connectivity index (χ0n) is 19.0. The van der Waals surface area contributed by atoms with Crippen molar-refractivity contribution in [2.75, 3.05) is 26.4 Å². The topological polar surface area (TPSA) is 57.2 Å². The van der Waals surface area contributed by atoms with Gasteiger partial charge in [0.25, 0.3) is 0 Å². The molecule has 0 aromatic rings. The molecule has 1 spiro atoms. The molecule has 6 rings (SSSR count). The van der Waals surface area contributed by atoms with E-state index in [1.165, 1.54) is 25.7 Å². The van der Waals surface area contributed by atoms with Crippen LogP contribution in [-0.2, 0) is 18.9 Å². The highest BCUT2D eigenvalue weighted by Crippen LogP contribution is 2.69. The lowest BCUT2D eigenvalue weighted by atomic mass is 9.43. The minimum Gasteiger partial charge on any atom is -0.393 e. The van der Waals surface area contributed by atoms with Crippen LogP contribution in [-0.4, -0.2) is 49.2 Å². The van der Waals surface area contributed by atoms with E-state index in [4.69, 9.17) is 18.9 Å². The number of fused-ring (bicyclic) bond motifs is 5. The summed E-state index contributed by atoms with van der Waals surface area (Å²) in [5.74, 6) is 1.89. The predicted molar refractivity (Wildman–Crippen MR) is 112 cm³/mol. The fourth-order valence-electron chi connectivity index (χ4n) is 9.67. The monoisotopic (exact) mass is 420 g/mol. The number of aliphatic hydroxyl groups excluding tert-OH is 1. The van der Waals surface area contributed by atoms with Crippen LogP contribution in [0.1, 0.15) is 72.1 Å². The van der Waals surface area contributed by atoms with E-state index in [2.05, 4.69) is 20.8 Å². The zero-order valence-corrected chi connectivity index (χ0v) is 19.0. The van der Waals surface area contributed by atoms with E-state index in [1.807, 2.05) is 0 Å². The molecule has 1 N–H and O–H groups in total. The molecule has 2 heterocycles. The summed E-state index contributed by atoms with van der Waals surface area (Å²) in [5, 5.41) is 11.7. The molecule has 0 aromatic heterocycles. The van der Waals surface area contributed by atoms with Gasteiger partial charge >= 0.3 is 0 Å². The molecule has 5 heteroatoms. The first-order valence-electron chi connectivity index (χ1n) is 12.5. The van der Waals surface area contributed by atoms with E-state index in [-0.39, 0.29) is 22.7 Å². The van der Waals surface area contributed by atoms with Crippen molar-refractivity contribution in [2.45, 2.75) is 89.8 Å². The van der Waals surface area contributed by atoms with Gasteiger partial charge in [0.1, 0.15) is 0 Å². The third-order valence-electron chi connectivity index (χ3n) is 10.9. The van der Waals surface area contributed by atoms with Gasteiger partial charge in [-0.3, -0.25) is 0 Å². The molecule has 0 amide bonds. The first kappa shape index (κ1) is 20.4. The number of aliphatic hydroxyl groups is 1. The molecule has 8 atom stereocenters. The van der Waals surface area contributed by atoms with Gasteiger partial charge in [-0.25, -0.2) is 0 Å². The summed E-state index contributed by atoms with van der Waals surface area (Å²) in [4.78, 5) is 0.